The van der Waals surface area contributed by atoms with Crippen LogP contribution in [0.15, 0.2) is 34.1 Å². The molecule has 0 spiro atoms. The zero-order chi connectivity index (χ0) is 15.3. The first kappa shape index (κ1) is 21.6. The molecule has 0 aliphatic rings. The first-order chi connectivity index (χ1) is 9.27. The van der Waals surface area contributed by atoms with Gasteiger partial charge in [-0.05, 0) is 6.92 Å². The monoisotopic (exact) mass is 410 g/mol. The van der Waals surface area contributed by atoms with Crippen LogP contribution in [0.25, 0.3) is 11.1 Å². The van der Waals surface area contributed by atoms with E-state index >= 15 is 0 Å². The molecule has 0 aliphatic heterocycles. The first-order valence-corrected chi connectivity index (χ1v) is 11.8. The van der Waals surface area contributed by atoms with E-state index in [9.17, 15) is 0 Å². The van der Waals surface area contributed by atoms with Gasteiger partial charge in [0.05, 0.1) is 0 Å². The molecule has 0 amide bonds. The molecule has 0 saturated carbocycles. The molecule has 0 nitrogen and oxygen atoms in total. The van der Waals surface area contributed by atoms with Crippen LogP contribution in [-0.2, 0) is 17.3 Å². The van der Waals surface area contributed by atoms with Crippen molar-refractivity contribution >= 4 is 37.0 Å². The molecule has 2 aromatic rings. The van der Waals surface area contributed by atoms with Crippen molar-refractivity contribution in [2.24, 2.45) is 0 Å². The van der Waals surface area contributed by atoms with E-state index in [0.717, 1.165) is 21.1 Å². The van der Waals surface area contributed by atoms with Crippen molar-refractivity contribution in [3.05, 3.63) is 45.1 Å². The number of hydrogen-bond acceptors (Lipinski definition) is 1. The Morgan fingerprint density at radius 3 is 1.89 bits per heavy atom. The van der Waals surface area contributed by atoms with Crippen LogP contribution in [0, 0.1) is 12.3 Å². The number of thiophene rings is 1. The van der Waals surface area contributed by atoms with E-state index in [0.29, 0.717) is 0 Å². The molecule has 0 aliphatic carbocycles. The summed E-state index contributed by atoms with van der Waals surface area (Å²) in [6, 6.07) is 10.5. The zero-order valence-corrected chi connectivity index (χ0v) is 18.4. The third-order valence-electron chi connectivity index (χ3n) is 1.93. The molecule has 0 atom stereocenters. The minimum atomic E-state index is 0.847. The SMILES string of the molecule is CC.CC.Cc1ccc(-c2c[c-]sc2Br)cc1.[Cl][Zn+]. The van der Waals surface area contributed by atoms with Crippen molar-refractivity contribution in [1.82, 2.24) is 0 Å². The summed E-state index contributed by atoms with van der Waals surface area (Å²) in [4.78, 5) is 0. The van der Waals surface area contributed by atoms with Crippen molar-refractivity contribution in [2.75, 3.05) is 0 Å². The normalized spacial score (nSPS) is 8.05. The van der Waals surface area contributed by atoms with Gasteiger partial charge in [0.2, 0.25) is 0 Å². The molecule has 4 heteroatoms. The number of aryl methyl sites for hydroxylation is 1. The van der Waals surface area contributed by atoms with Gasteiger partial charge in [0, 0.05) is 0 Å². The fraction of sp³-hybridized carbons (Fsp3) is 0.333. The summed E-state index contributed by atoms with van der Waals surface area (Å²) in [7, 11) is 4.76. The van der Waals surface area contributed by atoms with Crippen molar-refractivity contribution in [3.63, 3.8) is 0 Å². The van der Waals surface area contributed by atoms with Crippen LogP contribution in [-0.4, -0.2) is 0 Å². The molecule has 0 saturated heterocycles. The van der Waals surface area contributed by atoms with Gasteiger partial charge < -0.3 is 0 Å². The van der Waals surface area contributed by atoms with E-state index in [4.69, 9.17) is 9.69 Å². The number of rotatable bonds is 1. The van der Waals surface area contributed by atoms with E-state index in [1.807, 2.05) is 33.8 Å². The van der Waals surface area contributed by atoms with Crippen LogP contribution in [0.2, 0.25) is 0 Å². The van der Waals surface area contributed by atoms with E-state index in [1.54, 1.807) is 11.3 Å². The van der Waals surface area contributed by atoms with Gasteiger partial charge in [-0.2, -0.15) is 6.07 Å². The van der Waals surface area contributed by atoms with E-state index < -0.39 is 0 Å². The van der Waals surface area contributed by atoms with Crippen molar-refractivity contribution in [1.29, 1.82) is 0 Å². The van der Waals surface area contributed by atoms with Crippen molar-refractivity contribution < 1.29 is 17.3 Å². The zero-order valence-electron chi connectivity index (χ0n) is 12.3. The molecule has 2 rings (SSSR count). The molecule has 1 heterocycles. The molecular weight excluding hydrogens is 393 g/mol. The summed E-state index contributed by atoms with van der Waals surface area (Å²) in [6.45, 7) is 10.1. The number of benzene rings is 1. The summed E-state index contributed by atoms with van der Waals surface area (Å²) in [5.41, 5.74) is 3.76. The Balaban J connectivity index is 0. The van der Waals surface area contributed by atoms with Crippen molar-refractivity contribution in [3.8, 4) is 11.1 Å². The summed E-state index contributed by atoms with van der Waals surface area (Å²) in [5.74, 6) is 0. The van der Waals surface area contributed by atoms with E-state index in [1.165, 1.54) is 16.7 Å². The number of halogens is 2. The molecular formula is C15H20BrClSZn. The topological polar surface area (TPSA) is 0 Å². The molecule has 0 radical (unpaired) electrons. The standard InChI is InChI=1S/C11H8BrS.2C2H6.ClH.Zn/c1-8-2-4-9(5-3-8)10-6-7-13-11(10)12;2*1-2;;/h2-6H,1H3;2*1-2H3;1H;/q-1;;;;+2/p-1. The van der Waals surface area contributed by atoms with E-state index in [-0.39, 0.29) is 0 Å². The second-order valence-corrected chi connectivity index (χ2v) is 5.08. The Bertz CT molecular complexity index is 412. The molecule has 102 valence electrons. The Morgan fingerprint density at radius 2 is 1.53 bits per heavy atom. The van der Waals surface area contributed by atoms with Gasteiger partial charge in [0.25, 0.3) is 0 Å². The molecule has 0 fully saturated rings. The first-order valence-electron chi connectivity index (χ1n) is 6.26. The Labute approximate surface area is 144 Å². The van der Waals surface area contributed by atoms with Crippen LogP contribution < -0.4 is 0 Å². The fourth-order valence-corrected chi connectivity index (χ4v) is 2.37. The number of hydrogen-bond donors (Lipinski definition) is 0. The van der Waals surface area contributed by atoms with Crippen molar-refractivity contribution in [2.45, 2.75) is 34.6 Å². The Morgan fingerprint density at radius 1 is 1.05 bits per heavy atom. The molecule has 0 N–H and O–H groups in total. The van der Waals surface area contributed by atoms with Crippen LogP contribution in [0.5, 0.6) is 0 Å². The predicted octanol–water partition coefficient (Wildman–Crippen LogP) is 7.03. The van der Waals surface area contributed by atoms with Crippen LogP contribution in [0.3, 0.4) is 0 Å². The van der Waals surface area contributed by atoms with Gasteiger partial charge in [-0.1, -0.05) is 66.9 Å². The third kappa shape index (κ3) is 8.24. The fourth-order valence-electron chi connectivity index (χ4n) is 1.18. The van der Waals surface area contributed by atoms with Gasteiger partial charge in [-0.3, -0.25) is 11.3 Å². The van der Waals surface area contributed by atoms with Gasteiger partial charge in [-0.25, -0.2) is 0 Å². The van der Waals surface area contributed by atoms with Gasteiger partial charge in [0.1, 0.15) is 0 Å². The molecule has 0 unspecified atom stereocenters. The third-order valence-corrected chi connectivity index (χ3v) is 3.47. The van der Waals surface area contributed by atoms with Gasteiger partial charge >= 0.3 is 27.0 Å². The second-order valence-electron chi connectivity index (χ2n) is 2.92. The average Bonchev–Trinajstić information content (AvgIpc) is 2.92. The quantitative estimate of drug-likeness (QED) is 0.348. The summed E-state index contributed by atoms with van der Waals surface area (Å²) >= 11 is 5.95. The average molecular weight is 413 g/mol. The minimum absolute atomic E-state index is 0.847. The maximum absolute atomic E-state index is 4.76. The van der Waals surface area contributed by atoms with Gasteiger partial charge in [0.15, 0.2) is 0 Å². The van der Waals surface area contributed by atoms with Crippen LogP contribution in [0.4, 0.5) is 0 Å². The van der Waals surface area contributed by atoms with E-state index in [2.05, 4.69) is 52.5 Å². The maximum atomic E-state index is 4.76. The molecule has 1 aromatic carbocycles. The summed E-state index contributed by atoms with van der Waals surface area (Å²) in [5, 5.41) is 3.11. The summed E-state index contributed by atoms with van der Waals surface area (Å²) in [6.07, 6.45) is 0. The Kier molecular flexibility index (Phi) is 16.7. The molecule has 0 bridgehead atoms. The van der Waals surface area contributed by atoms with Crippen LogP contribution >= 0.6 is 37.0 Å². The second kappa shape index (κ2) is 14.7. The Hall–Kier alpha value is 0.313. The molecule has 1 aromatic heterocycles. The van der Waals surface area contributed by atoms with Gasteiger partial charge in [-0.15, -0.1) is 26.9 Å². The molecule has 19 heavy (non-hydrogen) atoms. The predicted molar refractivity (Wildman–Crippen MR) is 89.6 cm³/mol. The summed E-state index contributed by atoms with van der Waals surface area (Å²) < 4.78 is 1.15. The van der Waals surface area contributed by atoms with Crippen LogP contribution in [0.1, 0.15) is 33.3 Å².